The van der Waals surface area contributed by atoms with Crippen LogP contribution < -0.4 is 10.5 Å². The van der Waals surface area contributed by atoms with Crippen LogP contribution in [0.1, 0.15) is 5.82 Å². The summed E-state index contributed by atoms with van der Waals surface area (Å²) in [7, 11) is 0. The fourth-order valence-electron chi connectivity index (χ4n) is 3.48. The Balaban J connectivity index is 1.47. The van der Waals surface area contributed by atoms with Gasteiger partial charge in [0.1, 0.15) is 11.5 Å². The zero-order valence-electron chi connectivity index (χ0n) is 15.0. The van der Waals surface area contributed by atoms with Gasteiger partial charge in [-0.2, -0.15) is 0 Å². The number of fused-ring (bicyclic) bond motifs is 1. The molecule has 0 atom stereocenters. The zero-order valence-corrected chi connectivity index (χ0v) is 16.6. The maximum Gasteiger partial charge on any atom is 0.293 e. The molecular weight excluding hydrogens is 426 g/mol. The molecule has 8 nitrogen and oxygen atoms in total. The van der Waals surface area contributed by atoms with Crippen LogP contribution in [0.4, 0.5) is 11.4 Å². The van der Waals surface area contributed by atoms with Gasteiger partial charge >= 0.3 is 0 Å². The van der Waals surface area contributed by atoms with Gasteiger partial charge in [-0.15, -0.1) is 0 Å². The number of nitro benzene ring substituents is 1. The van der Waals surface area contributed by atoms with Crippen LogP contribution in [0.5, 0.6) is 0 Å². The van der Waals surface area contributed by atoms with Gasteiger partial charge < -0.3 is 9.88 Å². The van der Waals surface area contributed by atoms with Gasteiger partial charge in [0, 0.05) is 36.7 Å². The Morgan fingerprint density at radius 2 is 1.89 bits per heavy atom. The number of para-hydroxylation sites is 1. The minimum atomic E-state index is -0.351. The highest BCUT2D eigenvalue weighted by Gasteiger charge is 2.24. The SMILES string of the molecule is O=c1[nH]c(CN2CCN(c3ccc(Br)cc3[N+](=O)[O-])CC2)nc2ccccc12. The van der Waals surface area contributed by atoms with Gasteiger partial charge in [-0.1, -0.05) is 28.1 Å². The Kier molecular flexibility index (Phi) is 5.10. The number of nitrogens with one attached hydrogen (secondary N) is 1. The molecule has 1 aliphatic heterocycles. The van der Waals surface area contributed by atoms with Crippen LogP contribution in [-0.4, -0.2) is 46.0 Å². The van der Waals surface area contributed by atoms with Crippen molar-refractivity contribution in [3.63, 3.8) is 0 Å². The predicted molar refractivity (Wildman–Crippen MR) is 111 cm³/mol. The van der Waals surface area contributed by atoms with Crippen LogP contribution in [0, 0.1) is 10.1 Å². The lowest BCUT2D eigenvalue weighted by molar-refractivity contribution is -0.384. The summed E-state index contributed by atoms with van der Waals surface area (Å²) in [6, 6.07) is 12.4. The quantitative estimate of drug-likeness (QED) is 0.491. The number of halogens is 1. The number of hydrogen-bond acceptors (Lipinski definition) is 6. The molecule has 0 radical (unpaired) electrons. The summed E-state index contributed by atoms with van der Waals surface area (Å²) in [6.07, 6.45) is 0. The second kappa shape index (κ2) is 7.69. The van der Waals surface area contributed by atoms with Gasteiger partial charge in [0.05, 0.1) is 22.4 Å². The number of benzene rings is 2. The molecule has 1 fully saturated rings. The standard InChI is InChI=1S/C19H18BrN5O3/c20-13-5-6-16(17(11-13)25(27)28)24-9-7-23(8-10-24)12-18-21-15-4-2-1-3-14(15)19(26)22-18/h1-6,11H,7-10,12H2,(H,21,22,26). The molecule has 1 N–H and O–H groups in total. The molecule has 1 aliphatic rings. The highest BCUT2D eigenvalue weighted by atomic mass is 79.9. The number of nitrogens with zero attached hydrogens (tertiary/aromatic N) is 4. The van der Waals surface area contributed by atoms with Crippen molar-refractivity contribution in [3.8, 4) is 0 Å². The number of H-pyrrole nitrogens is 1. The van der Waals surface area contributed by atoms with E-state index >= 15 is 0 Å². The summed E-state index contributed by atoms with van der Waals surface area (Å²) in [5.41, 5.74) is 1.28. The van der Waals surface area contributed by atoms with E-state index in [0.717, 1.165) is 13.1 Å². The normalized spacial score (nSPS) is 15.1. The van der Waals surface area contributed by atoms with Crippen molar-refractivity contribution >= 4 is 38.2 Å². The molecule has 28 heavy (non-hydrogen) atoms. The molecule has 2 aromatic carbocycles. The van der Waals surface area contributed by atoms with Gasteiger partial charge in [0.15, 0.2) is 0 Å². The van der Waals surface area contributed by atoms with Crippen molar-refractivity contribution in [1.82, 2.24) is 14.9 Å². The van der Waals surface area contributed by atoms with E-state index in [9.17, 15) is 14.9 Å². The van der Waals surface area contributed by atoms with Gasteiger partial charge in [0.25, 0.3) is 11.2 Å². The smallest absolute Gasteiger partial charge is 0.293 e. The molecule has 1 saturated heterocycles. The number of hydrogen-bond donors (Lipinski definition) is 1. The second-order valence-corrected chi connectivity index (χ2v) is 7.60. The summed E-state index contributed by atoms with van der Waals surface area (Å²) in [5, 5.41) is 11.9. The van der Waals surface area contributed by atoms with Gasteiger partial charge in [0.2, 0.25) is 0 Å². The number of aromatic nitrogens is 2. The topological polar surface area (TPSA) is 95.4 Å². The number of rotatable bonds is 4. The van der Waals surface area contributed by atoms with E-state index in [2.05, 4.69) is 30.8 Å². The maximum absolute atomic E-state index is 12.2. The molecule has 0 aliphatic carbocycles. The lowest BCUT2D eigenvalue weighted by atomic mass is 10.2. The number of nitro groups is 1. The van der Waals surface area contributed by atoms with Crippen molar-refractivity contribution < 1.29 is 4.92 Å². The average molecular weight is 444 g/mol. The van der Waals surface area contributed by atoms with Gasteiger partial charge in [-0.3, -0.25) is 19.8 Å². The van der Waals surface area contributed by atoms with Crippen molar-refractivity contribution in [3.05, 3.63) is 73.2 Å². The molecule has 9 heteroatoms. The summed E-state index contributed by atoms with van der Waals surface area (Å²) in [6.45, 7) is 3.32. The molecule has 4 rings (SSSR count). The van der Waals surface area contributed by atoms with E-state index in [1.807, 2.05) is 29.2 Å². The molecule has 144 valence electrons. The van der Waals surface area contributed by atoms with Crippen molar-refractivity contribution in [2.75, 3.05) is 31.1 Å². The van der Waals surface area contributed by atoms with E-state index in [1.54, 1.807) is 12.1 Å². The molecular formula is C19H18BrN5O3. The minimum absolute atomic E-state index is 0.100. The van der Waals surface area contributed by atoms with Crippen molar-refractivity contribution in [2.24, 2.45) is 0 Å². The monoisotopic (exact) mass is 443 g/mol. The van der Waals surface area contributed by atoms with Crippen molar-refractivity contribution in [1.29, 1.82) is 0 Å². The third-order valence-corrected chi connectivity index (χ3v) is 5.38. The van der Waals surface area contributed by atoms with Crippen LogP contribution in [0.15, 0.2) is 51.7 Å². The summed E-state index contributed by atoms with van der Waals surface area (Å²) in [5.74, 6) is 0.631. The van der Waals surface area contributed by atoms with Crippen molar-refractivity contribution in [2.45, 2.75) is 6.54 Å². The summed E-state index contributed by atoms with van der Waals surface area (Å²) < 4.78 is 0.688. The fraction of sp³-hybridized carbons (Fsp3) is 0.263. The first-order valence-corrected chi connectivity index (χ1v) is 9.70. The molecule has 1 aromatic heterocycles. The highest BCUT2D eigenvalue weighted by molar-refractivity contribution is 9.10. The van der Waals surface area contributed by atoms with E-state index in [0.29, 0.717) is 46.5 Å². The Morgan fingerprint density at radius 3 is 2.64 bits per heavy atom. The van der Waals surface area contributed by atoms with Crippen LogP contribution in [0.3, 0.4) is 0 Å². The first-order valence-electron chi connectivity index (χ1n) is 8.90. The van der Waals surface area contributed by atoms with Crippen LogP contribution in [0.25, 0.3) is 10.9 Å². The average Bonchev–Trinajstić information content (AvgIpc) is 2.69. The minimum Gasteiger partial charge on any atom is -0.363 e. The first-order chi connectivity index (χ1) is 13.5. The fourth-order valence-corrected chi connectivity index (χ4v) is 3.83. The zero-order chi connectivity index (χ0) is 19.7. The molecule has 0 amide bonds. The van der Waals surface area contributed by atoms with Gasteiger partial charge in [-0.05, 0) is 24.3 Å². The predicted octanol–water partition coefficient (Wildman–Crippen LogP) is 2.92. The second-order valence-electron chi connectivity index (χ2n) is 6.68. The Bertz CT molecular complexity index is 1090. The van der Waals surface area contributed by atoms with Crippen LogP contribution >= 0.6 is 15.9 Å². The van der Waals surface area contributed by atoms with Crippen LogP contribution in [0.2, 0.25) is 0 Å². The van der Waals surface area contributed by atoms with E-state index in [-0.39, 0.29) is 16.2 Å². The highest BCUT2D eigenvalue weighted by Crippen LogP contribution is 2.31. The van der Waals surface area contributed by atoms with E-state index < -0.39 is 0 Å². The Hall–Kier alpha value is -2.78. The number of aromatic amines is 1. The lowest BCUT2D eigenvalue weighted by Crippen LogP contribution is -2.46. The molecule has 0 spiro atoms. The summed E-state index contributed by atoms with van der Waals surface area (Å²) in [4.78, 5) is 34.9. The largest absolute Gasteiger partial charge is 0.363 e. The molecule has 0 bridgehead atoms. The Morgan fingerprint density at radius 1 is 1.14 bits per heavy atom. The van der Waals surface area contributed by atoms with E-state index in [4.69, 9.17) is 0 Å². The Labute approximate surface area is 169 Å². The van der Waals surface area contributed by atoms with Gasteiger partial charge in [-0.25, -0.2) is 4.98 Å². The lowest BCUT2D eigenvalue weighted by Gasteiger charge is -2.35. The summed E-state index contributed by atoms with van der Waals surface area (Å²) >= 11 is 3.29. The van der Waals surface area contributed by atoms with Crippen LogP contribution in [-0.2, 0) is 6.54 Å². The molecule has 0 saturated carbocycles. The third-order valence-electron chi connectivity index (χ3n) is 4.88. The first kappa shape index (κ1) is 18.6. The number of piperazine rings is 1. The van der Waals surface area contributed by atoms with E-state index in [1.165, 1.54) is 6.07 Å². The third kappa shape index (κ3) is 3.76. The molecule has 3 aromatic rings. The molecule has 2 heterocycles. The molecule has 0 unspecified atom stereocenters. The maximum atomic E-state index is 12.2. The number of anilines is 1.